The Bertz CT molecular complexity index is 926. The van der Waals surface area contributed by atoms with Crippen LogP contribution in [0.1, 0.15) is 44.1 Å². The van der Waals surface area contributed by atoms with Crippen LogP contribution in [0.15, 0.2) is 48.8 Å². The van der Waals surface area contributed by atoms with Crippen molar-refractivity contribution in [1.82, 2.24) is 14.9 Å². The molecule has 2 heterocycles. The van der Waals surface area contributed by atoms with Crippen LogP contribution < -0.4 is 4.74 Å². The molecule has 146 valence electrons. The second kappa shape index (κ2) is 8.46. The zero-order valence-electron chi connectivity index (χ0n) is 16.4. The number of carbonyl (C=O) groups is 1. The summed E-state index contributed by atoms with van der Waals surface area (Å²) in [6.07, 6.45) is 11.0. The molecule has 0 spiro atoms. The van der Waals surface area contributed by atoms with Crippen molar-refractivity contribution in [2.45, 2.75) is 51.0 Å². The number of aryl methyl sites for hydroxylation is 1. The van der Waals surface area contributed by atoms with E-state index in [9.17, 15) is 4.79 Å². The lowest BCUT2D eigenvalue weighted by atomic mass is 9.94. The third-order valence-electron chi connectivity index (χ3n) is 5.71. The highest BCUT2D eigenvalue weighted by Crippen LogP contribution is 2.28. The number of nitrogens with one attached hydrogen (secondary N) is 1. The number of aromatic amines is 1. The lowest BCUT2D eigenvalue weighted by Gasteiger charge is -2.31. The van der Waals surface area contributed by atoms with E-state index in [1.54, 1.807) is 6.20 Å². The average molecular weight is 377 g/mol. The van der Waals surface area contributed by atoms with Crippen LogP contribution in [0.25, 0.3) is 11.0 Å². The zero-order chi connectivity index (χ0) is 19.3. The summed E-state index contributed by atoms with van der Waals surface area (Å²) in [5.41, 5.74) is 1.97. The molecule has 0 bridgehead atoms. The molecule has 0 unspecified atom stereocenters. The van der Waals surface area contributed by atoms with Crippen LogP contribution in [0, 0.1) is 0 Å². The molecule has 3 aromatic rings. The van der Waals surface area contributed by atoms with Crippen molar-refractivity contribution < 1.29 is 9.53 Å². The van der Waals surface area contributed by atoms with Gasteiger partial charge in [0.1, 0.15) is 17.1 Å². The third kappa shape index (κ3) is 4.19. The smallest absolute Gasteiger partial charge is 0.222 e. The normalized spacial score (nSPS) is 14.9. The number of hydrogen-bond donors (Lipinski definition) is 1. The number of ether oxygens (including phenoxy) is 1. The fraction of sp³-hybridized carbons (Fsp3) is 0.391. The van der Waals surface area contributed by atoms with Crippen molar-refractivity contribution in [2.24, 2.45) is 0 Å². The highest BCUT2D eigenvalue weighted by Gasteiger charge is 2.21. The van der Waals surface area contributed by atoms with Crippen molar-refractivity contribution in [1.29, 1.82) is 0 Å². The number of benzene rings is 1. The Balaban J connectivity index is 1.33. The Morgan fingerprint density at radius 3 is 2.71 bits per heavy atom. The average Bonchev–Trinajstić information content (AvgIpc) is 3.23. The minimum Gasteiger partial charge on any atom is -0.457 e. The second-order valence-corrected chi connectivity index (χ2v) is 7.59. The molecule has 1 aliphatic rings. The van der Waals surface area contributed by atoms with Gasteiger partial charge in [-0.3, -0.25) is 4.79 Å². The Morgan fingerprint density at radius 1 is 1.14 bits per heavy atom. The van der Waals surface area contributed by atoms with Crippen molar-refractivity contribution in [3.63, 3.8) is 0 Å². The third-order valence-corrected chi connectivity index (χ3v) is 5.71. The van der Waals surface area contributed by atoms with Crippen molar-refractivity contribution >= 4 is 16.9 Å². The second-order valence-electron chi connectivity index (χ2n) is 7.59. The number of hydrogen-bond acceptors (Lipinski definition) is 3. The van der Waals surface area contributed by atoms with Gasteiger partial charge in [0.15, 0.2) is 0 Å². The first-order chi connectivity index (χ1) is 13.7. The predicted molar refractivity (Wildman–Crippen MR) is 111 cm³/mol. The Kier molecular flexibility index (Phi) is 5.60. The van der Waals surface area contributed by atoms with Crippen LogP contribution in [-0.2, 0) is 11.2 Å². The van der Waals surface area contributed by atoms with Crippen molar-refractivity contribution in [3.8, 4) is 11.5 Å². The van der Waals surface area contributed by atoms with E-state index in [4.69, 9.17) is 4.74 Å². The van der Waals surface area contributed by atoms with Gasteiger partial charge in [-0.15, -0.1) is 0 Å². The SMILES string of the molecule is CN(C(=O)CCc1ccc(Oc2ccnc3[nH]ccc23)cc1)C1CCCCC1. The molecule has 4 rings (SSSR count). The van der Waals surface area contributed by atoms with E-state index in [1.807, 2.05) is 54.5 Å². The number of fused-ring (bicyclic) bond motifs is 1. The largest absolute Gasteiger partial charge is 0.457 e. The van der Waals surface area contributed by atoms with E-state index in [2.05, 4.69) is 9.97 Å². The summed E-state index contributed by atoms with van der Waals surface area (Å²) in [5, 5.41) is 0.961. The first-order valence-electron chi connectivity index (χ1n) is 10.2. The van der Waals surface area contributed by atoms with Gasteiger partial charge in [0.25, 0.3) is 0 Å². The van der Waals surface area contributed by atoms with Crippen LogP contribution in [0.4, 0.5) is 0 Å². The molecule has 5 heteroatoms. The summed E-state index contributed by atoms with van der Waals surface area (Å²) in [4.78, 5) is 21.9. The number of pyridine rings is 1. The molecule has 28 heavy (non-hydrogen) atoms. The standard InChI is InChI=1S/C23H27N3O2/c1-26(18-5-3-2-4-6-18)22(27)12-9-17-7-10-19(11-8-17)28-21-14-16-25-23-20(21)13-15-24-23/h7-8,10-11,13-16,18H,2-6,9,12H2,1H3,(H,24,25). The Hall–Kier alpha value is -2.82. The number of nitrogens with zero attached hydrogens (tertiary/aromatic N) is 2. The maximum absolute atomic E-state index is 12.5. The van der Waals surface area contributed by atoms with Crippen LogP contribution >= 0.6 is 0 Å². The van der Waals surface area contributed by atoms with Gasteiger partial charge < -0.3 is 14.6 Å². The monoisotopic (exact) mass is 377 g/mol. The molecule has 5 nitrogen and oxygen atoms in total. The minimum absolute atomic E-state index is 0.249. The lowest BCUT2D eigenvalue weighted by Crippen LogP contribution is -2.38. The highest BCUT2D eigenvalue weighted by molar-refractivity contribution is 5.82. The molecule has 1 saturated carbocycles. The molecule has 0 atom stereocenters. The molecular formula is C23H27N3O2. The summed E-state index contributed by atoms with van der Waals surface area (Å²) in [7, 11) is 1.96. The van der Waals surface area contributed by atoms with Gasteiger partial charge in [-0.2, -0.15) is 0 Å². The maximum atomic E-state index is 12.5. The first-order valence-corrected chi connectivity index (χ1v) is 10.2. The number of rotatable bonds is 6. The van der Waals surface area contributed by atoms with Crippen molar-refractivity contribution in [3.05, 3.63) is 54.4 Å². The summed E-state index contributed by atoms with van der Waals surface area (Å²) in [5.74, 6) is 1.81. The summed E-state index contributed by atoms with van der Waals surface area (Å²) < 4.78 is 6.01. The van der Waals surface area contributed by atoms with E-state index >= 15 is 0 Å². The van der Waals surface area contributed by atoms with Crippen LogP contribution in [0.2, 0.25) is 0 Å². The van der Waals surface area contributed by atoms with Crippen LogP contribution in [-0.4, -0.2) is 33.9 Å². The fourth-order valence-electron chi connectivity index (χ4n) is 3.98. The van der Waals surface area contributed by atoms with E-state index in [1.165, 1.54) is 19.3 Å². The summed E-state index contributed by atoms with van der Waals surface area (Å²) >= 11 is 0. The number of carbonyl (C=O) groups excluding carboxylic acids is 1. The number of aromatic nitrogens is 2. The van der Waals surface area contributed by atoms with E-state index in [0.29, 0.717) is 12.5 Å². The van der Waals surface area contributed by atoms with Gasteiger partial charge in [-0.25, -0.2) is 4.98 Å². The van der Waals surface area contributed by atoms with E-state index < -0.39 is 0 Å². The zero-order valence-corrected chi connectivity index (χ0v) is 16.4. The van der Waals surface area contributed by atoms with Gasteiger partial charge in [0.2, 0.25) is 5.91 Å². The van der Waals surface area contributed by atoms with Gasteiger partial charge in [0.05, 0.1) is 5.39 Å². The van der Waals surface area contributed by atoms with Crippen molar-refractivity contribution in [2.75, 3.05) is 7.05 Å². The van der Waals surface area contributed by atoms with Gasteiger partial charge in [-0.1, -0.05) is 31.4 Å². The minimum atomic E-state index is 0.249. The van der Waals surface area contributed by atoms with Gasteiger partial charge in [-0.05, 0) is 49.1 Å². The molecule has 1 N–H and O–H groups in total. The molecule has 1 aromatic carbocycles. The predicted octanol–water partition coefficient (Wildman–Crippen LogP) is 5.08. The Labute approximate surface area is 165 Å². The van der Waals surface area contributed by atoms with Crippen LogP contribution in [0.5, 0.6) is 11.5 Å². The molecule has 1 amide bonds. The summed E-state index contributed by atoms with van der Waals surface area (Å²) in [6, 6.07) is 12.3. The molecule has 0 saturated heterocycles. The Morgan fingerprint density at radius 2 is 1.93 bits per heavy atom. The lowest BCUT2D eigenvalue weighted by molar-refractivity contribution is -0.132. The van der Waals surface area contributed by atoms with Gasteiger partial charge in [0, 0.05) is 31.9 Å². The maximum Gasteiger partial charge on any atom is 0.222 e. The molecule has 1 aliphatic carbocycles. The van der Waals surface area contributed by atoms with Crippen LogP contribution in [0.3, 0.4) is 0 Å². The van der Waals surface area contributed by atoms with E-state index in [-0.39, 0.29) is 5.91 Å². The summed E-state index contributed by atoms with van der Waals surface area (Å²) in [6.45, 7) is 0. The molecular weight excluding hydrogens is 350 g/mol. The number of H-pyrrole nitrogens is 1. The first kappa shape index (κ1) is 18.5. The molecule has 2 aromatic heterocycles. The van der Waals surface area contributed by atoms with Gasteiger partial charge >= 0.3 is 0 Å². The molecule has 0 aliphatic heterocycles. The van der Waals surface area contributed by atoms with E-state index in [0.717, 1.165) is 47.4 Å². The fourth-order valence-corrected chi connectivity index (χ4v) is 3.98. The number of amides is 1. The molecule has 1 fully saturated rings. The topological polar surface area (TPSA) is 58.2 Å². The quantitative estimate of drug-likeness (QED) is 0.652. The molecule has 0 radical (unpaired) electrons. The highest BCUT2D eigenvalue weighted by atomic mass is 16.5.